The number of benzene rings is 2. The number of aromatic nitrogens is 2. The highest BCUT2D eigenvalue weighted by molar-refractivity contribution is 6.06. The molecule has 5 heteroatoms. The average Bonchev–Trinajstić information content (AvgIpc) is 2.61. The van der Waals surface area contributed by atoms with E-state index in [1.165, 1.54) is 0 Å². The van der Waals surface area contributed by atoms with Crippen molar-refractivity contribution < 1.29 is 4.79 Å². The number of aryl methyl sites for hydroxylation is 1. The number of nitrogens with one attached hydrogen (secondary N) is 2. The Bertz CT molecular complexity index is 1090. The van der Waals surface area contributed by atoms with Crippen molar-refractivity contribution in [3.8, 4) is 0 Å². The molecule has 0 unspecified atom stereocenters. The van der Waals surface area contributed by atoms with Gasteiger partial charge in [0.2, 0.25) is 0 Å². The van der Waals surface area contributed by atoms with Crippen LogP contribution < -0.4 is 10.6 Å². The van der Waals surface area contributed by atoms with E-state index < -0.39 is 0 Å². The fourth-order valence-electron chi connectivity index (χ4n) is 2.84. The van der Waals surface area contributed by atoms with Gasteiger partial charge in [-0.1, -0.05) is 36.4 Å². The van der Waals surface area contributed by atoms with Crippen molar-refractivity contribution in [1.29, 1.82) is 0 Å². The second kappa shape index (κ2) is 6.20. The Kier molecular flexibility index (Phi) is 3.74. The predicted octanol–water partition coefficient (Wildman–Crippen LogP) is 4.74. The summed E-state index contributed by atoms with van der Waals surface area (Å²) in [6.45, 7) is 1.91. The molecule has 5 nitrogen and oxygen atoms in total. The van der Waals surface area contributed by atoms with Crippen LogP contribution in [0, 0.1) is 6.92 Å². The van der Waals surface area contributed by atoms with Crippen molar-refractivity contribution in [1.82, 2.24) is 9.97 Å². The monoisotopic (exact) mass is 328 g/mol. The van der Waals surface area contributed by atoms with Crippen LogP contribution in [0.15, 0.2) is 66.9 Å². The van der Waals surface area contributed by atoms with Gasteiger partial charge in [0.25, 0.3) is 0 Å². The number of carbonyl (C=O) groups excluding carboxylic acids is 1. The predicted molar refractivity (Wildman–Crippen MR) is 101 cm³/mol. The summed E-state index contributed by atoms with van der Waals surface area (Å²) in [5.74, 6) is 0. The number of carbonyl (C=O) groups is 1. The normalized spacial score (nSPS) is 10.8. The van der Waals surface area contributed by atoms with Gasteiger partial charge in [-0.15, -0.1) is 0 Å². The minimum Gasteiger partial charge on any atom is -0.307 e. The molecule has 2 heterocycles. The summed E-state index contributed by atoms with van der Waals surface area (Å²) in [6.07, 6.45) is 1.65. The van der Waals surface area contributed by atoms with Crippen LogP contribution in [0.3, 0.4) is 0 Å². The Balaban J connectivity index is 1.59. The number of fused-ring (bicyclic) bond motifs is 2. The van der Waals surface area contributed by atoms with Crippen LogP contribution in [0.2, 0.25) is 0 Å². The molecule has 4 rings (SSSR count). The molecule has 0 saturated heterocycles. The van der Waals surface area contributed by atoms with Gasteiger partial charge in [-0.3, -0.25) is 9.97 Å². The molecule has 122 valence electrons. The van der Waals surface area contributed by atoms with Gasteiger partial charge in [0, 0.05) is 16.5 Å². The molecule has 0 radical (unpaired) electrons. The Hall–Kier alpha value is -3.47. The minimum absolute atomic E-state index is 0.312. The lowest BCUT2D eigenvalue weighted by atomic mass is 10.1. The highest BCUT2D eigenvalue weighted by Crippen LogP contribution is 2.23. The SMILES string of the molecule is Cc1cc(NC(=O)Nc2cnc3ccccc3c2)c2ccccc2n1. The van der Waals surface area contributed by atoms with Gasteiger partial charge < -0.3 is 10.6 Å². The van der Waals surface area contributed by atoms with Gasteiger partial charge in [-0.2, -0.15) is 0 Å². The van der Waals surface area contributed by atoms with E-state index in [2.05, 4.69) is 20.6 Å². The largest absolute Gasteiger partial charge is 0.323 e. The lowest BCUT2D eigenvalue weighted by Crippen LogP contribution is -2.19. The first-order valence-electron chi connectivity index (χ1n) is 7.98. The lowest BCUT2D eigenvalue weighted by molar-refractivity contribution is 0.262. The van der Waals surface area contributed by atoms with E-state index in [-0.39, 0.29) is 6.03 Å². The number of urea groups is 1. The molecule has 0 saturated carbocycles. The maximum absolute atomic E-state index is 12.4. The average molecular weight is 328 g/mol. The summed E-state index contributed by atoms with van der Waals surface area (Å²) in [4.78, 5) is 21.2. The van der Waals surface area contributed by atoms with Crippen LogP contribution in [-0.2, 0) is 0 Å². The fraction of sp³-hybridized carbons (Fsp3) is 0.0500. The van der Waals surface area contributed by atoms with Crippen molar-refractivity contribution >= 4 is 39.2 Å². The number of para-hydroxylation sites is 2. The van der Waals surface area contributed by atoms with Gasteiger partial charge >= 0.3 is 6.03 Å². The molecule has 2 aromatic heterocycles. The standard InChI is InChI=1S/C20H16N4O/c1-13-10-19(16-7-3-5-9-18(16)22-13)24-20(25)23-15-11-14-6-2-4-8-17(14)21-12-15/h2-12H,1H3,(H2,22,23,24,25). The topological polar surface area (TPSA) is 66.9 Å². The zero-order valence-corrected chi connectivity index (χ0v) is 13.7. The smallest absolute Gasteiger partial charge is 0.307 e. The second-order valence-corrected chi connectivity index (χ2v) is 5.82. The molecule has 0 fully saturated rings. The van der Waals surface area contributed by atoms with Crippen molar-refractivity contribution in [2.24, 2.45) is 0 Å². The van der Waals surface area contributed by atoms with E-state index in [4.69, 9.17) is 0 Å². The molecule has 0 spiro atoms. The summed E-state index contributed by atoms with van der Waals surface area (Å²) in [5.41, 5.74) is 3.97. The number of amides is 2. The molecule has 2 N–H and O–H groups in total. The molecular formula is C20H16N4O. The molecule has 25 heavy (non-hydrogen) atoms. The first-order valence-corrected chi connectivity index (χ1v) is 7.98. The first kappa shape index (κ1) is 15.1. The van der Waals surface area contributed by atoms with Crippen LogP contribution in [0.1, 0.15) is 5.69 Å². The summed E-state index contributed by atoms with van der Waals surface area (Å²) in [7, 11) is 0. The van der Waals surface area contributed by atoms with Gasteiger partial charge in [0.15, 0.2) is 0 Å². The van der Waals surface area contributed by atoms with Gasteiger partial charge in [-0.05, 0) is 31.2 Å². The third-order valence-corrected chi connectivity index (χ3v) is 3.94. The number of anilines is 2. The molecule has 2 amide bonds. The van der Waals surface area contributed by atoms with Crippen molar-refractivity contribution in [3.05, 3.63) is 72.6 Å². The number of nitrogens with zero attached hydrogens (tertiary/aromatic N) is 2. The second-order valence-electron chi connectivity index (χ2n) is 5.82. The molecule has 0 aliphatic carbocycles. The molecule has 0 aliphatic heterocycles. The van der Waals surface area contributed by atoms with Crippen LogP contribution in [0.4, 0.5) is 16.2 Å². The lowest BCUT2D eigenvalue weighted by Gasteiger charge is -2.11. The zero-order valence-electron chi connectivity index (χ0n) is 13.7. The maximum atomic E-state index is 12.4. The van der Waals surface area contributed by atoms with E-state index in [9.17, 15) is 4.79 Å². The van der Waals surface area contributed by atoms with Crippen LogP contribution in [0.25, 0.3) is 21.8 Å². The molecular weight excluding hydrogens is 312 g/mol. The summed E-state index contributed by atoms with van der Waals surface area (Å²) in [6, 6.07) is 19.0. The number of hydrogen-bond donors (Lipinski definition) is 2. The Morgan fingerprint density at radius 1 is 0.920 bits per heavy atom. The number of pyridine rings is 2. The third-order valence-electron chi connectivity index (χ3n) is 3.94. The van der Waals surface area contributed by atoms with Crippen molar-refractivity contribution in [2.75, 3.05) is 10.6 Å². The number of hydrogen-bond acceptors (Lipinski definition) is 3. The minimum atomic E-state index is -0.312. The fourth-order valence-corrected chi connectivity index (χ4v) is 2.84. The summed E-state index contributed by atoms with van der Waals surface area (Å²) < 4.78 is 0. The quantitative estimate of drug-likeness (QED) is 0.559. The van der Waals surface area contributed by atoms with Crippen LogP contribution in [0.5, 0.6) is 0 Å². The summed E-state index contributed by atoms with van der Waals surface area (Å²) in [5, 5.41) is 7.62. The van der Waals surface area contributed by atoms with Gasteiger partial charge in [0.1, 0.15) is 0 Å². The zero-order chi connectivity index (χ0) is 17.2. The summed E-state index contributed by atoms with van der Waals surface area (Å²) >= 11 is 0. The van der Waals surface area contributed by atoms with E-state index in [1.54, 1.807) is 6.20 Å². The van der Waals surface area contributed by atoms with Crippen molar-refractivity contribution in [3.63, 3.8) is 0 Å². The first-order chi connectivity index (χ1) is 12.2. The highest BCUT2D eigenvalue weighted by atomic mass is 16.2. The van der Waals surface area contributed by atoms with E-state index in [0.717, 1.165) is 33.2 Å². The molecule has 4 aromatic rings. The third kappa shape index (κ3) is 3.12. The Morgan fingerprint density at radius 2 is 1.68 bits per heavy atom. The Morgan fingerprint density at radius 3 is 2.56 bits per heavy atom. The van der Waals surface area contributed by atoms with Crippen LogP contribution >= 0.6 is 0 Å². The molecule has 0 aliphatic rings. The van der Waals surface area contributed by atoms with Gasteiger partial charge in [0.05, 0.1) is 28.6 Å². The maximum Gasteiger partial charge on any atom is 0.323 e. The molecule has 0 atom stereocenters. The molecule has 0 bridgehead atoms. The Labute approximate surface area is 144 Å². The highest BCUT2D eigenvalue weighted by Gasteiger charge is 2.08. The van der Waals surface area contributed by atoms with E-state index in [1.807, 2.05) is 67.6 Å². The van der Waals surface area contributed by atoms with Crippen molar-refractivity contribution in [2.45, 2.75) is 6.92 Å². The number of rotatable bonds is 2. The molecule has 2 aromatic carbocycles. The van der Waals surface area contributed by atoms with Crippen LogP contribution in [-0.4, -0.2) is 16.0 Å². The van der Waals surface area contributed by atoms with E-state index >= 15 is 0 Å². The van der Waals surface area contributed by atoms with E-state index in [0.29, 0.717) is 5.69 Å². The van der Waals surface area contributed by atoms with Gasteiger partial charge in [-0.25, -0.2) is 4.79 Å².